The predicted octanol–water partition coefficient (Wildman–Crippen LogP) is 0.691. The van der Waals surface area contributed by atoms with Crippen molar-refractivity contribution in [2.24, 2.45) is 5.73 Å². The minimum Gasteiger partial charge on any atom is -0.338 e. The van der Waals surface area contributed by atoms with E-state index in [1.54, 1.807) is 13.8 Å². The fraction of sp³-hybridized carbons (Fsp3) is 0.800. The largest absolute Gasteiger partial charge is 0.338 e. The molecule has 6 heteroatoms. The van der Waals surface area contributed by atoms with Gasteiger partial charge in [-0.2, -0.15) is 0 Å². The predicted molar refractivity (Wildman–Crippen MR) is 67.4 cm³/mol. The van der Waals surface area contributed by atoms with Crippen LogP contribution in [0.25, 0.3) is 0 Å². The Balaban J connectivity index is 3.85. The maximum atomic E-state index is 11.5. The maximum Gasteiger partial charge on any atom is 0.321 e. The highest BCUT2D eigenvalue weighted by molar-refractivity contribution is 8.00. The summed E-state index contributed by atoms with van der Waals surface area (Å²) in [5.74, 6) is 0.444. The Bertz CT molecular complexity index is 236. The zero-order valence-electron chi connectivity index (χ0n) is 10.1. The molecule has 0 aromatic heterocycles. The molecule has 0 rings (SSSR count). The van der Waals surface area contributed by atoms with Crippen molar-refractivity contribution < 1.29 is 9.59 Å². The van der Waals surface area contributed by atoms with Gasteiger partial charge in [0.05, 0.1) is 5.25 Å². The van der Waals surface area contributed by atoms with Crippen molar-refractivity contribution in [3.8, 4) is 0 Å². The number of carbonyl (C=O) groups excluding carboxylic acids is 2. The average molecular weight is 247 g/mol. The second kappa shape index (κ2) is 8.41. The van der Waals surface area contributed by atoms with Gasteiger partial charge in [-0.25, -0.2) is 4.79 Å². The molecule has 5 nitrogen and oxygen atoms in total. The first-order valence-electron chi connectivity index (χ1n) is 5.47. The Morgan fingerprint density at radius 2 is 2.00 bits per heavy atom. The summed E-state index contributed by atoms with van der Waals surface area (Å²) in [6, 6.07) is -0.343. The van der Waals surface area contributed by atoms with Gasteiger partial charge >= 0.3 is 6.03 Å². The molecule has 16 heavy (non-hydrogen) atoms. The number of hydrogen-bond acceptors (Lipinski definition) is 4. The summed E-state index contributed by atoms with van der Waals surface area (Å²) < 4.78 is 0. The number of hydrogen-bond donors (Lipinski definition) is 3. The number of nitrogens with one attached hydrogen (secondary N) is 2. The van der Waals surface area contributed by atoms with Gasteiger partial charge in [-0.05, 0) is 20.3 Å². The molecule has 0 saturated heterocycles. The van der Waals surface area contributed by atoms with Crippen molar-refractivity contribution in [2.45, 2.75) is 38.5 Å². The minimum atomic E-state index is -0.445. The molecule has 2 atom stereocenters. The molecule has 0 aliphatic heterocycles. The molecule has 0 radical (unpaired) electrons. The van der Waals surface area contributed by atoms with Gasteiger partial charge in [0.1, 0.15) is 0 Å². The smallest absolute Gasteiger partial charge is 0.321 e. The van der Waals surface area contributed by atoms with Crippen molar-refractivity contribution in [3.05, 3.63) is 0 Å². The van der Waals surface area contributed by atoms with E-state index in [0.29, 0.717) is 6.54 Å². The van der Waals surface area contributed by atoms with E-state index >= 15 is 0 Å². The van der Waals surface area contributed by atoms with E-state index in [-0.39, 0.29) is 17.2 Å². The summed E-state index contributed by atoms with van der Waals surface area (Å²) in [5.41, 5.74) is 5.74. The first kappa shape index (κ1) is 15.2. The standard InChI is InChI=1S/C10H21N3O2S/c1-4-8(11)6-16-7(3)9(14)13-10(15)12-5-2/h7-8H,4-6,11H2,1-3H3,(H2,12,13,14,15). The van der Waals surface area contributed by atoms with Crippen LogP contribution in [-0.2, 0) is 4.79 Å². The second-order valence-corrected chi connectivity index (χ2v) is 4.87. The Labute approximate surface area is 101 Å². The highest BCUT2D eigenvalue weighted by Gasteiger charge is 2.16. The molecule has 0 saturated carbocycles. The average Bonchev–Trinajstić information content (AvgIpc) is 2.25. The monoisotopic (exact) mass is 247 g/mol. The highest BCUT2D eigenvalue weighted by atomic mass is 32.2. The fourth-order valence-electron chi connectivity index (χ4n) is 0.880. The van der Waals surface area contributed by atoms with Crippen molar-refractivity contribution in [3.63, 3.8) is 0 Å². The molecule has 3 amide bonds. The molecule has 0 heterocycles. The number of thioether (sulfide) groups is 1. The van der Waals surface area contributed by atoms with E-state index < -0.39 is 6.03 Å². The lowest BCUT2D eigenvalue weighted by atomic mass is 10.3. The third-order valence-electron chi connectivity index (χ3n) is 2.03. The molecule has 4 N–H and O–H groups in total. The van der Waals surface area contributed by atoms with Crippen LogP contribution in [0.5, 0.6) is 0 Å². The van der Waals surface area contributed by atoms with E-state index in [4.69, 9.17) is 5.73 Å². The second-order valence-electron chi connectivity index (χ2n) is 3.49. The van der Waals surface area contributed by atoms with Crippen LogP contribution in [0.15, 0.2) is 0 Å². The van der Waals surface area contributed by atoms with Gasteiger partial charge in [-0.15, -0.1) is 11.8 Å². The molecule has 0 aliphatic carbocycles. The van der Waals surface area contributed by atoms with Crippen LogP contribution >= 0.6 is 11.8 Å². The van der Waals surface area contributed by atoms with Gasteiger partial charge in [0.25, 0.3) is 0 Å². The normalized spacial score (nSPS) is 14.0. The summed E-state index contributed by atoms with van der Waals surface area (Å²) >= 11 is 1.46. The van der Waals surface area contributed by atoms with Crippen molar-refractivity contribution >= 4 is 23.7 Å². The summed E-state index contributed by atoms with van der Waals surface area (Å²) in [7, 11) is 0. The lowest BCUT2D eigenvalue weighted by Gasteiger charge is -2.13. The summed E-state index contributed by atoms with van der Waals surface area (Å²) in [4.78, 5) is 22.6. The molecule has 0 aromatic carbocycles. The quantitative estimate of drug-likeness (QED) is 0.645. The first-order chi connectivity index (χ1) is 7.51. The molecule has 0 spiro atoms. The van der Waals surface area contributed by atoms with Gasteiger partial charge in [-0.1, -0.05) is 6.92 Å². The van der Waals surface area contributed by atoms with Gasteiger partial charge in [0, 0.05) is 18.3 Å². The number of carbonyl (C=O) groups is 2. The minimum absolute atomic E-state index is 0.102. The lowest BCUT2D eigenvalue weighted by molar-refractivity contribution is -0.119. The Morgan fingerprint density at radius 1 is 1.38 bits per heavy atom. The molecule has 0 fully saturated rings. The Hall–Kier alpha value is -0.750. The number of urea groups is 1. The zero-order valence-corrected chi connectivity index (χ0v) is 10.9. The Kier molecular flexibility index (Phi) is 8.01. The van der Waals surface area contributed by atoms with Gasteiger partial charge < -0.3 is 11.1 Å². The van der Waals surface area contributed by atoms with Gasteiger partial charge in [0.2, 0.25) is 5.91 Å². The summed E-state index contributed by atoms with van der Waals surface area (Å²) in [5, 5.41) is 4.51. The number of nitrogens with two attached hydrogens (primary N) is 1. The molecule has 2 unspecified atom stereocenters. The van der Waals surface area contributed by atoms with E-state index in [9.17, 15) is 9.59 Å². The molecule has 0 aromatic rings. The molecule has 0 bridgehead atoms. The lowest BCUT2D eigenvalue weighted by Crippen LogP contribution is -2.43. The van der Waals surface area contributed by atoms with Gasteiger partial charge in [0.15, 0.2) is 0 Å². The highest BCUT2D eigenvalue weighted by Crippen LogP contribution is 2.12. The van der Waals surface area contributed by atoms with Crippen LogP contribution < -0.4 is 16.4 Å². The van der Waals surface area contributed by atoms with Crippen LogP contribution in [0.3, 0.4) is 0 Å². The molecular weight excluding hydrogens is 226 g/mol. The topological polar surface area (TPSA) is 84.2 Å². The van der Waals surface area contributed by atoms with Crippen molar-refractivity contribution in [1.82, 2.24) is 10.6 Å². The van der Waals surface area contributed by atoms with E-state index in [0.717, 1.165) is 12.2 Å². The van der Waals surface area contributed by atoms with Crippen molar-refractivity contribution in [1.29, 1.82) is 0 Å². The van der Waals surface area contributed by atoms with Gasteiger partial charge in [-0.3, -0.25) is 10.1 Å². The SMILES string of the molecule is CCNC(=O)NC(=O)C(C)SCC(N)CC. The summed E-state index contributed by atoms with van der Waals surface area (Å²) in [6.45, 7) is 6.07. The Morgan fingerprint density at radius 3 is 2.50 bits per heavy atom. The third kappa shape index (κ3) is 6.68. The van der Waals surface area contributed by atoms with Crippen LogP contribution in [0, 0.1) is 0 Å². The maximum absolute atomic E-state index is 11.5. The van der Waals surface area contributed by atoms with E-state index in [1.165, 1.54) is 11.8 Å². The van der Waals surface area contributed by atoms with Crippen LogP contribution in [-0.4, -0.2) is 35.5 Å². The van der Waals surface area contributed by atoms with E-state index in [1.807, 2.05) is 6.92 Å². The third-order valence-corrected chi connectivity index (χ3v) is 3.36. The van der Waals surface area contributed by atoms with Crippen LogP contribution in [0.4, 0.5) is 4.79 Å². The summed E-state index contributed by atoms with van der Waals surface area (Å²) in [6.07, 6.45) is 0.887. The fourth-order valence-corrected chi connectivity index (χ4v) is 1.86. The molecule has 0 aliphatic rings. The zero-order chi connectivity index (χ0) is 12.6. The van der Waals surface area contributed by atoms with Crippen LogP contribution in [0.1, 0.15) is 27.2 Å². The molecule has 94 valence electrons. The number of rotatable bonds is 6. The van der Waals surface area contributed by atoms with Crippen LogP contribution in [0.2, 0.25) is 0 Å². The number of imide groups is 1. The van der Waals surface area contributed by atoms with Crippen molar-refractivity contribution in [2.75, 3.05) is 12.3 Å². The first-order valence-corrected chi connectivity index (χ1v) is 6.52. The number of amides is 3. The van der Waals surface area contributed by atoms with E-state index in [2.05, 4.69) is 10.6 Å². The molecular formula is C10H21N3O2S.